The van der Waals surface area contributed by atoms with Crippen LogP contribution in [0.4, 0.5) is 4.39 Å². The SMILES string of the molecule is O=C(Cl)c1cc(F)c(-c2cc(Cl)cc(Cl)c2)cc1Cl. The minimum atomic E-state index is -0.820. The second-order valence-electron chi connectivity index (χ2n) is 3.74. The molecule has 0 saturated carbocycles. The zero-order chi connectivity index (χ0) is 14.2. The lowest BCUT2D eigenvalue weighted by Gasteiger charge is -2.08. The lowest BCUT2D eigenvalue weighted by Crippen LogP contribution is -1.94. The standard InChI is InChI=1S/C13H5Cl4FO/c14-7-1-6(2-8(15)3-7)9-4-11(16)10(13(17)19)5-12(9)18/h1-5H. The summed E-state index contributed by atoms with van der Waals surface area (Å²) in [5, 5.41) is -0.0156. The number of rotatable bonds is 2. The molecule has 6 heteroatoms. The van der Waals surface area contributed by atoms with Crippen molar-refractivity contribution in [3.63, 3.8) is 0 Å². The van der Waals surface area contributed by atoms with Gasteiger partial charge in [-0.1, -0.05) is 34.8 Å². The highest BCUT2D eigenvalue weighted by molar-refractivity contribution is 6.68. The van der Waals surface area contributed by atoms with E-state index in [1.807, 2.05) is 0 Å². The Balaban J connectivity index is 2.63. The summed E-state index contributed by atoms with van der Waals surface area (Å²) >= 11 is 22.9. The van der Waals surface area contributed by atoms with Crippen molar-refractivity contribution in [3.05, 3.63) is 56.8 Å². The Morgan fingerprint density at radius 3 is 2.05 bits per heavy atom. The number of carbonyl (C=O) groups excluding carboxylic acids is 1. The quantitative estimate of drug-likeness (QED) is 0.630. The molecule has 0 amide bonds. The molecule has 0 N–H and O–H groups in total. The summed E-state index contributed by atoms with van der Waals surface area (Å²) in [6.45, 7) is 0. The van der Waals surface area contributed by atoms with E-state index in [2.05, 4.69) is 0 Å². The van der Waals surface area contributed by atoms with Crippen molar-refractivity contribution >= 4 is 51.6 Å². The Bertz CT molecular complexity index is 650. The highest BCUT2D eigenvalue weighted by atomic mass is 35.5. The largest absolute Gasteiger partial charge is 0.276 e. The van der Waals surface area contributed by atoms with E-state index in [1.54, 1.807) is 12.1 Å². The third-order valence-corrected chi connectivity index (χ3v) is 3.39. The smallest absolute Gasteiger partial charge is 0.253 e. The van der Waals surface area contributed by atoms with E-state index < -0.39 is 11.1 Å². The van der Waals surface area contributed by atoms with Crippen molar-refractivity contribution in [1.82, 2.24) is 0 Å². The molecule has 19 heavy (non-hydrogen) atoms. The van der Waals surface area contributed by atoms with Crippen LogP contribution in [0, 0.1) is 5.82 Å². The van der Waals surface area contributed by atoms with Gasteiger partial charge in [-0.05, 0) is 47.5 Å². The summed E-state index contributed by atoms with van der Waals surface area (Å²) < 4.78 is 14.0. The maximum absolute atomic E-state index is 14.0. The average molecular weight is 338 g/mol. The predicted octanol–water partition coefficient (Wildman–Crippen LogP) is 5.83. The van der Waals surface area contributed by atoms with E-state index in [0.29, 0.717) is 15.6 Å². The second-order valence-corrected chi connectivity index (χ2v) is 5.37. The molecule has 98 valence electrons. The van der Waals surface area contributed by atoms with Crippen molar-refractivity contribution in [2.75, 3.05) is 0 Å². The molecule has 0 spiro atoms. The van der Waals surface area contributed by atoms with Crippen LogP contribution in [0.1, 0.15) is 10.4 Å². The first-order chi connectivity index (χ1) is 8.88. The number of carbonyl (C=O) groups is 1. The summed E-state index contributed by atoms with van der Waals surface area (Å²) in [4.78, 5) is 11.0. The van der Waals surface area contributed by atoms with Gasteiger partial charge < -0.3 is 0 Å². The average Bonchev–Trinajstić information content (AvgIpc) is 2.30. The van der Waals surface area contributed by atoms with Gasteiger partial charge in [0.05, 0.1) is 10.6 Å². The fourth-order valence-electron chi connectivity index (χ4n) is 1.63. The van der Waals surface area contributed by atoms with Crippen LogP contribution < -0.4 is 0 Å². The Labute approximate surface area is 128 Å². The van der Waals surface area contributed by atoms with Gasteiger partial charge in [-0.15, -0.1) is 0 Å². The second kappa shape index (κ2) is 5.68. The number of hydrogen-bond acceptors (Lipinski definition) is 1. The van der Waals surface area contributed by atoms with Crippen LogP contribution in [0.3, 0.4) is 0 Å². The maximum Gasteiger partial charge on any atom is 0.253 e. The summed E-state index contributed by atoms with van der Waals surface area (Å²) in [6, 6.07) is 6.92. The van der Waals surface area contributed by atoms with Crippen LogP contribution in [-0.2, 0) is 0 Å². The van der Waals surface area contributed by atoms with Crippen LogP contribution in [-0.4, -0.2) is 5.24 Å². The first-order valence-corrected chi connectivity index (χ1v) is 6.55. The molecule has 2 aromatic rings. The number of halogens is 5. The summed E-state index contributed by atoms with van der Waals surface area (Å²) in [7, 11) is 0. The molecule has 0 aliphatic carbocycles. The third kappa shape index (κ3) is 3.21. The van der Waals surface area contributed by atoms with Crippen LogP contribution >= 0.6 is 46.4 Å². The first-order valence-electron chi connectivity index (χ1n) is 5.04. The Kier molecular flexibility index (Phi) is 4.36. The Hall–Kier alpha value is -0.800. The fraction of sp³-hybridized carbons (Fsp3) is 0. The summed E-state index contributed by atoms with van der Waals surface area (Å²) in [5.41, 5.74) is 0.569. The fourth-order valence-corrected chi connectivity index (χ4v) is 2.61. The molecule has 0 aliphatic rings. The topological polar surface area (TPSA) is 17.1 Å². The van der Waals surface area contributed by atoms with E-state index >= 15 is 0 Å². The van der Waals surface area contributed by atoms with Gasteiger partial charge in [0.1, 0.15) is 5.82 Å². The van der Waals surface area contributed by atoms with Crippen molar-refractivity contribution < 1.29 is 9.18 Å². The zero-order valence-electron chi connectivity index (χ0n) is 9.18. The van der Waals surface area contributed by atoms with Crippen LogP contribution in [0.5, 0.6) is 0 Å². The summed E-state index contributed by atoms with van der Waals surface area (Å²) in [6.07, 6.45) is 0. The van der Waals surface area contributed by atoms with Crippen molar-refractivity contribution in [3.8, 4) is 11.1 Å². The molecule has 0 atom stereocenters. The molecule has 0 radical (unpaired) electrons. The van der Waals surface area contributed by atoms with Gasteiger partial charge in [0, 0.05) is 15.6 Å². The highest BCUT2D eigenvalue weighted by Crippen LogP contribution is 2.32. The minimum Gasteiger partial charge on any atom is -0.276 e. The molecule has 1 nitrogen and oxygen atoms in total. The van der Waals surface area contributed by atoms with Crippen LogP contribution in [0.15, 0.2) is 30.3 Å². The van der Waals surface area contributed by atoms with E-state index in [4.69, 9.17) is 46.4 Å². The molecule has 0 aromatic heterocycles. The van der Waals surface area contributed by atoms with Crippen molar-refractivity contribution in [1.29, 1.82) is 0 Å². The maximum atomic E-state index is 14.0. The number of benzene rings is 2. The first kappa shape index (κ1) is 14.6. The van der Waals surface area contributed by atoms with Gasteiger partial charge in [0.15, 0.2) is 0 Å². The molecule has 2 aromatic carbocycles. The van der Waals surface area contributed by atoms with E-state index in [9.17, 15) is 9.18 Å². The van der Waals surface area contributed by atoms with Gasteiger partial charge in [-0.3, -0.25) is 4.79 Å². The van der Waals surface area contributed by atoms with Gasteiger partial charge in [0.25, 0.3) is 5.24 Å². The predicted molar refractivity (Wildman–Crippen MR) is 77.0 cm³/mol. The Morgan fingerprint density at radius 2 is 1.53 bits per heavy atom. The highest BCUT2D eigenvalue weighted by Gasteiger charge is 2.15. The van der Waals surface area contributed by atoms with Crippen molar-refractivity contribution in [2.45, 2.75) is 0 Å². The van der Waals surface area contributed by atoms with Gasteiger partial charge in [0.2, 0.25) is 0 Å². The van der Waals surface area contributed by atoms with E-state index in [1.165, 1.54) is 12.1 Å². The van der Waals surface area contributed by atoms with Crippen LogP contribution in [0.2, 0.25) is 15.1 Å². The molecule has 0 bridgehead atoms. The molecule has 2 rings (SSSR count). The monoisotopic (exact) mass is 336 g/mol. The molecule has 0 fully saturated rings. The third-order valence-electron chi connectivity index (χ3n) is 2.44. The lowest BCUT2D eigenvalue weighted by atomic mass is 10.0. The van der Waals surface area contributed by atoms with Gasteiger partial charge in [-0.25, -0.2) is 4.39 Å². The molecule has 0 heterocycles. The molecular weight excluding hydrogens is 333 g/mol. The zero-order valence-corrected chi connectivity index (χ0v) is 12.2. The number of hydrogen-bond donors (Lipinski definition) is 0. The van der Waals surface area contributed by atoms with Gasteiger partial charge >= 0.3 is 0 Å². The normalized spacial score (nSPS) is 10.6. The summed E-state index contributed by atoms with van der Waals surface area (Å²) in [5.74, 6) is -0.633. The van der Waals surface area contributed by atoms with Crippen LogP contribution in [0.25, 0.3) is 11.1 Å². The lowest BCUT2D eigenvalue weighted by molar-refractivity contribution is 0.108. The molecule has 0 aliphatic heterocycles. The molecule has 0 unspecified atom stereocenters. The van der Waals surface area contributed by atoms with E-state index in [-0.39, 0.29) is 16.1 Å². The van der Waals surface area contributed by atoms with Crippen molar-refractivity contribution in [2.24, 2.45) is 0 Å². The van der Waals surface area contributed by atoms with Gasteiger partial charge in [-0.2, -0.15) is 0 Å². The van der Waals surface area contributed by atoms with E-state index in [0.717, 1.165) is 6.07 Å². The molecular formula is C13H5Cl4FO. The minimum absolute atomic E-state index is 0.0625. The Morgan fingerprint density at radius 1 is 0.947 bits per heavy atom. The molecule has 0 saturated heterocycles.